The molecule has 7 nitrogen and oxygen atoms in total. The first-order valence-corrected chi connectivity index (χ1v) is 9.63. The van der Waals surface area contributed by atoms with Crippen LogP contribution in [0.4, 0.5) is 0 Å². The van der Waals surface area contributed by atoms with Crippen molar-refractivity contribution in [2.75, 3.05) is 34.6 Å². The molecule has 0 aromatic heterocycles. The fourth-order valence-electron chi connectivity index (χ4n) is 4.87. The molecule has 0 bridgehead atoms. The lowest BCUT2D eigenvalue weighted by atomic mass is 9.74. The van der Waals surface area contributed by atoms with E-state index in [9.17, 15) is 4.79 Å². The lowest BCUT2D eigenvalue weighted by molar-refractivity contribution is -0.151. The number of esters is 1. The topological polar surface area (TPSA) is 66.5 Å². The average molecular weight is 397 g/mol. The van der Waals surface area contributed by atoms with Crippen LogP contribution < -0.4 is 18.9 Å². The maximum atomic E-state index is 12.1. The predicted molar refractivity (Wildman–Crippen MR) is 105 cm³/mol. The second-order valence-corrected chi connectivity index (χ2v) is 7.53. The molecule has 0 amide bonds. The van der Waals surface area contributed by atoms with Crippen molar-refractivity contribution < 1.29 is 28.5 Å². The van der Waals surface area contributed by atoms with Gasteiger partial charge in [0.2, 0.25) is 6.79 Å². The molecule has 0 spiro atoms. The molecule has 2 atom stereocenters. The highest BCUT2D eigenvalue weighted by molar-refractivity contribution is 5.87. The number of ether oxygens (including phenoxy) is 5. The third-order valence-corrected chi connectivity index (χ3v) is 6.01. The van der Waals surface area contributed by atoms with Gasteiger partial charge in [-0.3, -0.25) is 9.69 Å². The Hall–Kier alpha value is -2.93. The third-order valence-electron chi connectivity index (χ3n) is 6.01. The molecular weight excluding hydrogens is 374 g/mol. The number of hydrogen-bond acceptors (Lipinski definition) is 7. The summed E-state index contributed by atoms with van der Waals surface area (Å²) in [6.45, 7) is 2.48. The summed E-state index contributed by atoms with van der Waals surface area (Å²) in [6.07, 6.45) is 0.367. The second kappa shape index (κ2) is 6.56. The van der Waals surface area contributed by atoms with E-state index in [2.05, 4.69) is 18.0 Å². The highest BCUT2D eigenvalue weighted by atomic mass is 16.7. The Morgan fingerprint density at radius 3 is 2.72 bits per heavy atom. The maximum Gasteiger partial charge on any atom is 0.303 e. The van der Waals surface area contributed by atoms with Gasteiger partial charge in [-0.25, -0.2) is 0 Å². The van der Waals surface area contributed by atoms with Gasteiger partial charge in [0.25, 0.3) is 0 Å². The van der Waals surface area contributed by atoms with Gasteiger partial charge in [-0.05, 0) is 48.4 Å². The van der Waals surface area contributed by atoms with Crippen LogP contribution >= 0.6 is 0 Å². The molecule has 0 radical (unpaired) electrons. The molecule has 1 aliphatic carbocycles. The Labute approximate surface area is 169 Å². The lowest BCUT2D eigenvalue weighted by Gasteiger charge is -2.44. The Balaban J connectivity index is 1.88. The molecule has 0 saturated heterocycles. The summed E-state index contributed by atoms with van der Waals surface area (Å²) >= 11 is 0. The molecule has 2 aliphatic heterocycles. The third kappa shape index (κ3) is 2.50. The van der Waals surface area contributed by atoms with Gasteiger partial charge in [-0.2, -0.15) is 0 Å². The van der Waals surface area contributed by atoms with Crippen molar-refractivity contribution in [1.29, 1.82) is 0 Å². The van der Waals surface area contributed by atoms with Crippen LogP contribution in [0.3, 0.4) is 0 Å². The molecule has 7 heteroatoms. The number of fused-ring (bicyclic) bond motifs is 4. The molecule has 152 valence electrons. The van der Waals surface area contributed by atoms with Crippen molar-refractivity contribution >= 4 is 5.97 Å². The van der Waals surface area contributed by atoms with Crippen molar-refractivity contribution in [2.45, 2.75) is 25.5 Å². The number of hydrogen-bond donors (Lipinski definition) is 0. The summed E-state index contributed by atoms with van der Waals surface area (Å²) in [5.41, 5.74) is 5.03. The van der Waals surface area contributed by atoms with E-state index in [1.54, 1.807) is 14.2 Å². The summed E-state index contributed by atoms with van der Waals surface area (Å²) in [7, 11) is 5.25. The average Bonchev–Trinajstić information content (AvgIpc) is 3.18. The van der Waals surface area contributed by atoms with Gasteiger partial charge in [-0.15, -0.1) is 0 Å². The van der Waals surface area contributed by atoms with E-state index in [1.807, 2.05) is 12.1 Å². The van der Waals surface area contributed by atoms with Crippen molar-refractivity contribution in [3.05, 3.63) is 34.9 Å². The van der Waals surface area contributed by atoms with Gasteiger partial charge in [0.1, 0.15) is 0 Å². The quantitative estimate of drug-likeness (QED) is 0.737. The van der Waals surface area contributed by atoms with E-state index in [1.165, 1.54) is 12.5 Å². The predicted octanol–water partition coefficient (Wildman–Crippen LogP) is 3.25. The Kier molecular flexibility index (Phi) is 4.10. The summed E-state index contributed by atoms with van der Waals surface area (Å²) in [4.78, 5) is 14.3. The number of benzene rings is 2. The maximum absolute atomic E-state index is 12.1. The number of methoxy groups -OCH3 is 2. The zero-order valence-corrected chi connectivity index (χ0v) is 16.9. The van der Waals surface area contributed by atoms with Gasteiger partial charge in [0, 0.05) is 24.6 Å². The number of likely N-dealkylation sites (N-methyl/N-ethyl adjacent to an activating group) is 1. The van der Waals surface area contributed by atoms with E-state index in [4.69, 9.17) is 23.7 Å². The fraction of sp³-hybridized carbons (Fsp3) is 0.409. The molecule has 2 heterocycles. The summed E-state index contributed by atoms with van der Waals surface area (Å²) < 4.78 is 28.8. The molecule has 2 aromatic rings. The number of carbonyl (C=O) groups excluding carboxylic acids is 1. The smallest absolute Gasteiger partial charge is 0.303 e. The molecule has 0 saturated carbocycles. The second-order valence-electron chi connectivity index (χ2n) is 7.53. The number of carbonyl (C=O) groups is 1. The molecule has 29 heavy (non-hydrogen) atoms. The standard InChI is InChI=1S/C22H23NO6/c1-11(24)29-22-18-13(5-6-14(25-3)20(18)26-4)17-16-12(7-8-23(2)19(16)22)9-15-21(17)28-10-27-15/h5-6,9,19,22H,7-8,10H2,1-4H3. The van der Waals surface area contributed by atoms with E-state index in [-0.39, 0.29) is 18.8 Å². The van der Waals surface area contributed by atoms with Crippen LogP contribution in [0.2, 0.25) is 0 Å². The van der Waals surface area contributed by atoms with Crippen molar-refractivity contribution in [1.82, 2.24) is 4.90 Å². The lowest BCUT2D eigenvalue weighted by Crippen LogP contribution is -2.39. The minimum absolute atomic E-state index is 0.152. The summed E-state index contributed by atoms with van der Waals surface area (Å²) in [5.74, 6) is 2.32. The zero-order chi connectivity index (χ0) is 20.3. The minimum atomic E-state index is -0.524. The zero-order valence-electron chi connectivity index (χ0n) is 16.9. The molecule has 0 N–H and O–H groups in total. The van der Waals surface area contributed by atoms with Crippen molar-refractivity contribution in [3.63, 3.8) is 0 Å². The molecule has 2 unspecified atom stereocenters. The van der Waals surface area contributed by atoms with Gasteiger partial charge in [0.15, 0.2) is 29.1 Å². The van der Waals surface area contributed by atoms with Gasteiger partial charge >= 0.3 is 5.97 Å². The summed E-state index contributed by atoms with van der Waals surface area (Å²) in [6, 6.07) is 5.77. The van der Waals surface area contributed by atoms with Gasteiger partial charge in [-0.1, -0.05) is 0 Å². The normalized spacial score (nSPS) is 21.2. The first-order chi connectivity index (χ1) is 14.0. The number of nitrogens with zero attached hydrogens (tertiary/aromatic N) is 1. The van der Waals surface area contributed by atoms with Crippen LogP contribution in [0.5, 0.6) is 23.0 Å². The Morgan fingerprint density at radius 2 is 2.00 bits per heavy atom. The van der Waals surface area contributed by atoms with E-state index in [0.29, 0.717) is 11.5 Å². The minimum Gasteiger partial charge on any atom is -0.493 e. The van der Waals surface area contributed by atoms with Crippen LogP contribution in [0.15, 0.2) is 18.2 Å². The molecule has 0 fully saturated rings. The highest BCUT2D eigenvalue weighted by Crippen LogP contribution is 2.60. The van der Waals surface area contributed by atoms with Crippen LogP contribution in [0, 0.1) is 0 Å². The highest BCUT2D eigenvalue weighted by Gasteiger charge is 2.46. The molecule has 2 aromatic carbocycles. The summed E-state index contributed by atoms with van der Waals surface area (Å²) in [5, 5.41) is 0. The van der Waals surface area contributed by atoms with Crippen molar-refractivity contribution in [2.24, 2.45) is 0 Å². The largest absolute Gasteiger partial charge is 0.493 e. The Morgan fingerprint density at radius 1 is 1.17 bits per heavy atom. The van der Waals surface area contributed by atoms with E-state index < -0.39 is 6.10 Å². The molecular formula is C22H23NO6. The van der Waals surface area contributed by atoms with Gasteiger partial charge in [0.05, 0.1) is 20.3 Å². The van der Waals surface area contributed by atoms with E-state index >= 15 is 0 Å². The monoisotopic (exact) mass is 397 g/mol. The van der Waals surface area contributed by atoms with Crippen LogP contribution in [0.25, 0.3) is 11.1 Å². The van der Waals surface area contributed by atoms with Crippen LogP contribution in [-0.4, -0.2) is 45.5 Å². The van der Waals surface area contributed by atoms with Crippen LogP contribution in [-0.2, 0) is 16.0 Å². The van der Waals surface area contributed by atoms with Gasteiger partial charge < -0.3 is 23.7 Å². The first-order valence-electron chi connectivity index (χ1n) is 9.63. The first kappa shape index (κ1) is 18.1. The Bertz CT molecular complexity index is 1020. The van der Waals surface area contributed by atoms with E-state index in [0.717, 1.165) is 46.7 Å². The molecule has 3 aliphatic rings. The van der Waals surface area contributed by atoms with Crippen LogP contribution in [0.1, 0.15) is 35.8 Å². The molecule has 5 rings (SSSR count). The van der Waals surface area contributed by atoms with Crippen molar-refractivity contribution in [3.8, 4) is 34.1 Å². The SMILES string of the molecule is COc1ccc2c(c1OC)C(OC(C)=O)C1c3c(cc4c(c3-2)OCO4)CCN1C. The number of rotatable bonds is 3. The fourth-order valence-corrected chi connectivity index (χ4v) is 4.87.